The second-order valence-electron chi connectivity index (χ2n) is 7.20. The number of carbonyl (C=O) groups is 1. The Morgan fingerprint density at radius 3 is 2.29 bits per heavy atom. The molecule has 1 fully saturated rings. The Morgan fingerprint density at radius 2 is 1.82 bits per heavy atom. The van der Waals surface area contributed by atoms with Crippen molar-refractivity contribution >= 4 is 5.78 Å². The van der Waals surface area contributed by atoms with Crippen LogP contribution in [0.25, 0.3) is 0 Å². The monoisotopic (exact) mass is 238 g/mol. The highest BCUT2D eigenvalue weighted by Gasteiger charge is 2.46. The van der Waals surface area contributed by atoms with Crippen molar-refractivity contribution in [2.24, 2.45) is 35.0 Å². The molecule has 0 saturated heterocycles. The zero-order valence-electron chi connectivity index (χ0n) is 12.7. The fourth-order valence-corrected chi connectivity index (χ4v) is 4.27. The summed E-state index contributed by atoms with van der Waals surface area (Å²) in [7, 11) is 0. The van der Waals surface area contributed by atoms with E-state index < -0.39 is 0 Å². The number of Topliss-reactive ketones (excluding diaryl/α,β-unsaturated/α-hetero) is 1. The first-order chi connectivity index (χ1) is 7.67. The van der Waals surface area contributed by atoms with Gasteiger partial charge in [0.05, 0.1) is 0 Å². The molecule has 1 saturated carbocycles. The van der Waals surface area contributed by atoms with Crippen molar-refractivity contribution in [1.29, 1.82) is 0 Å². The van der Waals surface area contributed by atoms with Crippen molar-refractivity contribution in [1.82, 2.24) is 0 Å². The number of carbonyl (C=O) groups excluding carboxylic acids is 1. The average Bonchev–Trinajstić information content (AvgIpc) is 2.13. The summed E-state index contributed by atoms with van der Waals surface area (Å²) in [5.74, 6) is 3.81. The van der Waals surface area contributed by atoms with Gasteiger partial charge in [0.25, 0.3) is 0 Å². The Balaban J connectivity index is 2.93. The maximum absolute atomic E-state index is 11.4. The summed E-state index contributed by atoms with van der Waals surface area (Å²) in [5.41, 5.74) is 0.362. The van der Waals surface area contributed by atoms with Crippen LogP contribution in [0.2, 0.25) is 0 Å². The van der Waals surface area contributed by atoms with E-state index >= 15 is 0 Å². The first-order valence-electron chi connectivity index (χ1n) is 7.17. The molecule has 1 aliphatic carbocycles. The van der Waals surface area contributed by atoms with Crippen molar-refractivity contribution < 1.29 is 4.79 Å². The van der Waals surface area contributed by atoms with Gasteiger partial charge in [0.1, 0.15) is 5.78 Å². The lowest BCUT2D eigenvalue weighted by Gasteiger charge is -2.52. The maximum atomic E-state index is 11.4. The summed E-state index contributed by atoms with van der Waals surface area (Å²) >= 11 is 0. The third kappa shape index (κ3) is 2.92. The van der Waals surface area contributed by atoms with Gasteiger partial charge in [-0.25, -0.2) is 0 Å². The third-order valence-electron chi connectivity index (χ3n) is 5.54. The molecule has 1 aliphatic rings. The highest BCUT2D eigenvalue weighted by Crippen LogP contribution is 2.53. The summed E-state index contributed by atoms with van der Waals surface area (Å²) in [6, 6.07) is 0. The van der Waals surface area contributed by atoms with Crippen LogP contribution in [0.15, 0.2) is 0 Å². The second kappa shape index (κ2) is 5.12. The van der Waals surface area contributed by atoms with Gasteiger partial charge in [0.15, 0.2) is 0 Å². The highest BCUT2D eigenvalue weighted by atomic mass is 16.1. The van der Waals surface area contributed by atoms with E-state index in [2.05, 4.69) is 41.5 Å². The average molecular weight is 238 g/mol. The Hall–Kier alpha value is -0.330. The fourth-order valence-electron chi connectivity index (χ4n) is 4.27. The third-order valence-corrected chi connectivity index (χ3v) is 5.54. The first kappa shape index (κ1) is 14.7. The Labute approximate surface area is 107 Å². The van der Waals surface area contributed by atoms with Crippen molar-refractivity contribution in [2.75, 3.05) is 0 Å². The van der Waals surface area contributed by atoms with Crippen LogP contribution in [0.4, 0.5) is 0 Å². The van der Waals surface area contributed by atoms with Gasteiger partial charge in [-0.1, -0.05) is 41.5 Å². The molecule has 0 radical (unpaired) electrons. The SMILES string of the molecule is CC(=O)CC(C)C1[C@H](C)C(C)CC(C)C1(C)C. The molecule has 0 heterocycles. The molecule has 1 nitrogen and oxygen atoms in total. The van der Waals surface area contributed by atoms with Gasteiger partial charge in [-0.3, -0.25) is 0 Å². The molecular weight excluding hydrogens is 208 g/mol. The van der Waals surface area contributed by atoms with E-state index in [4.69, 9.17) is 0 Å². The van der Waals surface area contributed by atoms with Crippen LogP contribution in [0.1, 0.15) is 61.3 Å². The van der Waals surface area contributed by atoms with Crippen LogP contribution in [0, 0.1) is 35.0 Å². The van der Waals surface area contributed by atoms with Gasteiger partial charge in [0, 0.05) is 6.42 Å². The molecule has 4 unspecified atom stereocenters. The van der Waals surface area contributed by atoms with Crippen molar-refractivity contribution in [3.63, 3.8) is 0 Å². The Bertz CT molecular complexity index is 279. The molecule has 1 rings (SSSR count). The molecule has 5 atom stereocenters. The van der Waals surface area contributed by atoms with E-state index in [1.165, 1.54) is 6.42 Å². The molecule has 0 aromatic rings. The van der Waals surface area contributed by atoms with E-state index in [0.29, 0.717) is 23.0 Å². The predicted octanol–water partition coefficient (Wildman–Crippen LogP) is 4.56. The van der Waals surface area contributed by atoms with Crippen LogP contribution >= 0.6 is 0 Å². The first-order valence-corrected chi connectivity index (χ1v) is 7.17. The lowest BCUT2D eigenvalue weighted by atomic mass is 9.52. The molecule has 1 heteroatoms. The highest BCUT2D eigenvalue weighted by molar-refractivity contribution is 5.75. The minimum atomic E-state index is 0.339. The molecule has 0 N–H and O–H groups in total. The van der Waals surface area contributed by atoms with Gasteiger partial charge in [-0.05, 0) is 48.3 Å². The summed E-state index contributed by atoms with van der Waals surface area (Å²) in [5, 5.41) is 0. The van der Waals surface area contributed by atoms with Gasteiger partial charge in [-0.2, -0.15) is 0 Å². The molecule has 0 spiro atoms. The van der Waals surface area contributed by atoms with Crippen molar-refractivity contribution in [3.8, 4) is 0 Å². The summed E-state index contributed by atoms with van der Waals surface area (Å²) in [6.07, 6.45) is 2.08. The minimum absolute atomic E-state index is 0.339. The summed E-state index contributed by atoms with van der Waals surface area (Å²) in [6.45, 7) is 16.0. The zero-order valence-corrected chi connectivity index (χ0v) is 12.7. The molecule has 0 bridgehead atoms. The summed E-state index contributed by atoms with van der Waals surface area (Å²) < 4.78 is 0. The number of rotatable bonds is 3. The molecule has 0 aromatic carbocycles. The molecule has 0 aromatic heterocycles. The van der Waals surface area contributed by atoms with Gasteiger partial charge < -0.3 is 4.79 Å². The van der Waals surface area contributed by atoms with E-state index in [9.17, 15) is 4.79 Å². The minimum Gasteiger partial charge on any atom is -0.300 e. The molecular formula is C16H30O. The Kier molecular flexibility index (Phi) is 4.43. The maximum Gasteiger partial charge on any atom is 0.130 e. The van der Waals surface area contributed by atoms with Gasteiger partial charge in [0.2, 0.25) is 0 Å². The van der Waals surface area contributed by atoms with Crippen LogP contribution in [-0.2, 0) is 4.79 Å². The van der Waals surface area contributed by atoms with E-state index in [1.807, 2.05) is 0 Å². The molecule has 17 heavy (non-hydrogen) atoms. The zero-order chi connectivity index (χ0) is 13.4. The van der Waals surface area contributed by atoms with Crippen molar-refractivity contribution in [3.05, 3.63) is 0 Å². The molecule has 0 amide bonds. The number of hydrogen-bond donors (Lipinski definition) is 0. The normalized spacial score (nSPS) is 38.8. The quantitative estimate of drug-likeness (QED) is 0.704. The van der Waals surface area contributed by atoms with Crippen LogP contribution < -0.4 is 0 Å². The Morgan fingerprint density at radius 1 is 1.29 bits per heavy atom. The number of ketones is 1. The van der Waals surface area contributed by atoms with E-state index in [0.717, 1.165) is 24.2 Å². The lowest BCUT2D eigenvalue weighted by Crippen LogP contribution is -2.46. The largest absolute Gasteiger partial charge is 0.300 e. The molecule has 100 valence electrons. The number of hydrogen-bond acceptors (Lipinski definition) is 1. The van der Waals surface area contributed by atoms with Crippen LogP contribution in [0.5, 0.6) is 0 Å². The lowest BCUT2D eigenvalue weighted by molar-refractivity contribution is -0.120. The smallest absolute Gasteiger partial charge is 0.130 e. The second-order valence-corrected chi connectivity index (χ2v) is 7.20. The topological polar surface area (TPSA) is 17.1 Å². The van der Waals surface area contributed by atoms with Crippen LogP contribution in [-0.4, -0.2) is 5.78 Å². The predicted molar refractivity (Wildman–Crippen MR) is 73.8 cm³/mol. The standard InChI is InChI=1S/C16H30O/c1-10-8-12(3)16(6,7)15(14(10)5)11(2)9-13(4)17/h10-12,14-15H,8-9H2,1-7H3/t10?,11?,12?,14-,15?/m1/s1. The van der Waals surface area contributed by atoms with Crippen LogP contribution in [0.3, 0.4) is 0 Å². The van der Waals surface area contributed by atoms with E-state index in [-0.39, 0.29) is 0 Å². The molecule has 0 aliphatic heterocycles. The van der Waals surface area contributed by atoms with E-state index in [1.54, 1.807) is 6.92 Å². The van der Waals surface area contributed by atoms with Gasteiger partial charge >= 0.3 is 0 Å². The fraction of sp³-hybridized carbons (Fsp3) is 0.938. The van der Waals surface area contributed by atoms with Crippen molar-refractivity contribution in [2.45, 2.75) is 61.3 Å². The van der Waals surface area contributed by atoms with Gasteiger partial charge in [-0.15, -0.1) is 0 Å². The summed E-state index contributed by atoms with van der Waals surface area (Å²) in [4.78, 5) is 11.4.